The Morgan fingerprint density at radius 2 is 2.00 bits per heavy atom. The maximum absolute atomic E-state index is 5.45. The van der Waals surface area contributed by atoms with Gasteiger partial charge in [-0.15, -0.1) is 0 Å². The normalized spacial score (nSPS) is 11.6. The summed E-state index contributed by atoms with van der Waals surface area (Å²) in [6.45, 7) is 2.67. The summed E-state index contributed by atoms with van der Waals surface area (Å²) in [6, 6.07) is 10.2. The van der Waals surface area contributed by atoms with Crippen molar-refractivity contribution in [3.8, 4) is 0 Å². The van der Waals surface area contributed by atoms with Gasteiger partial charge in [0, 0.05) is 6.54 Å². The highest BCUT2D eigenvalue weighted by atomic mass is 14.5. The molecule has 1 aromatic carbocycles. The molecule has 0 fully saturated rings. The molecule has 1 aromatic rings. The summed E-state index contributed by atoms with van der Waals surface area (Å²) in [7, 11) is 0. The molecule has 0 aliphatic rings. The van der Waals surface area contributed by atoms with E-state index in [-0.39, 0.29) is 0 Å². The Morgan fingerprint density at radius 3 is 2.55 bits per heavy atom. The van der Waals surface area contributed by atoms with Gasteiger partial charge in [-0.25, -0.2) is 0 Å². The monoisotopic (exact) mass is 147 g/mol. The van der Waals surface area contributed by atoms with Crippen molar-refractivity contribution in [2.45, 2.75) is 6.92 Å². The number of hydrogen-bond donors (Lipinski definition) is 1. The van der Waals surface area contributed by atoms with Gasteiger partial charge in [0.05, 0.1) is 0 Å². The smallest absolute Gasteiger partial charge is 0.0137 e. The molecule has 58 valence electrons. The molecule has 1 rings (SSSR count). The highest BCUT2D eigenvalue weighted by Gasteiger charge is 1.85. The Hall–Kier alpha value is -1.08. The molecule has 0 aliphatic heterocycles. The van der Waals surface area contributed by atoms with Crippen LogP contribution in [0.3, 0.4) is 0 Å². The van der Waals surface area contributed by atoms with E-state index in [0.717, 1.165) is 0 Å². The minimum atomic E-state index is 0.634. The van der Waals surface area contributed by atoms with E-state index in [1.165, 1.54) is 11.1 Å². The molecular formula is C10H13N. The van der Waals surface area contributed by atoms with Crippen LogP contribution in [0.2, 0.25) is 0 Å². The van der Waals surface area contributed by atoms with Gasteiger partial charge in [-0.05, 0) is 12.5 Å². The van der Waals surface area contributed by atoms with Crippen molar-refractivity contribution in [3.05, 3.63) is 41.5 Å². The summed E-state index contributed by atoms with van der Waals surface area (Å²) in [4.78, 5) is 0. The maximum atomic E-state index is 5.45. The maximum Gasteiger partial charge on any atom is 0.0137 e. The Balaban J connectivity index is 2.79. The van der Waals surface area contributed by atoms with Gasteiger partial charge >= 0.3 is 0 Å². The van der Waals surface area contributed by atoms with Crippen LogP contribution in [-0.2, 0) is 0 Å². The molecule has 1 nitrogen and oxygen atoms in total. The third kappa shape index (κ3) is 2.56. The first-order chi connectivity index (χ1) is 5.33. The van der Waals surface area contributed by atoms with Crippen molar-refractivity contribution in [2.24, 2.45) is 5.73 Å². The predicted molar refractivity (Wildman–Crippen MR) is 49.1 cm³/mol. The average molecular weight is 147 g/mol. The van der Waals surface area contributed by atoms with Gasteiger partial charge in [-0.3, -0.25) is 0 Å². The highest BCUT2D eigenvalue weighted by Crippen LogP contribution is 2.04. The third-order valence-electron chi connectivity index (χ3n) is 1.53. The van der Waals surface area contributed by atoms with Gasteiger partial charge in [0.25, 0.3) is 0 Å². The Kier molecular flexibility index (Phi) is 2.87. The van der Waals surface area contributed by atoms with E-state index in [9.17, 15) is 0 Å². The lowest BCUT2D eigenvalue weighted by atomic mass is 10.1. The van der Waals surface area contributed by atoms with Crippen LogP contribution in [0.25, 0.3) is 6.08 Å². The first kappa shape index (κ1) is 8.02. The zero-order valence-corrected chi connectivity index (χ0v) is 6.75. The summed E-state index contributed by atoms with van der Waals surface area (Å²) in [6.07, 6.45) is 2.10. The van der Waals surface area contributed by atoms with E-state index in [0.29, 0.717) is 6.54 Å². The molecule has 0 saturated heterocycles. The fraction of sp³-hybridized carbons (Fsp3) is 0.200. The zero-order valence-electron chi connectivity index (χ0n) is 6.75. The van der Waals surface area contributed by atoms with Crippen molar-refractivity contribution in [3.63, 3.8) is 0 Å². The molecular weight excluding hydrogens is 134 g/mol. The highest BCUT2D eigenvalue weighted by molar-refractivity contribution is 5.52. The second-order valence-electron chi connectivity index (χ2n) is 2.61. The van der Waals surface area contributed by atoms with E-state index >= 15 is 0 Å². The van der Waals surface area contributed by atoms with Crippen LogP contribution < -0.4 is 5.73 Å². The molecule has 0 bridgehead atoms. The Labute approximate surface area is 67.5 Å². The van der Waals surface area contributed by atoms with Crippen LogP contribution in [0.1, 0.15) is 12.5 Å². The number of rotatable bonds is 2. The van der Waals surface area contributed by atoms with Crippen molar-refractivity contribution in [1.29, 1.82) is 0 Å². The summed E-state index contributed by atoms with van der Waals surface area (Å²) >= 11 is 0. The molecule has 0 unspecified atom stereocenters. The quantitative estimate of drug-likeness (QED) is 0.680. The molecule has 0 heterocycles. The lowest BCUT2D eigenvalue weighted by molar-refractivity contribution is 1.15. The first-order valence-corrected chi connectivity index (χ1v) is 3.75. The van der Waals surface area contributed by atoms with Crippen molar-refractivity contribution >= 4 is 6.08 Å². The second kappa shape index (κ2) is 3.94. The summed E-state index contributed by atoms with van der Waals surface area (Å²) < 4.78 is 0. The van der Waals surface area contributed by atoms with Crippen LogP contribution >= 0.6 is 0 Å². The van der Waals surface area contributed by atoms with Crippen molar-refractivity contribution in [1.82, 2.24) is 0 Å². The van der Waals surface area contributed by atoms with E-state index in [4.69, 9.17) is 5.73 Å². The topological polar surface area (TPSA) is 26.0 Å². The van der Waals surface area contributed by atoms with Crippen LogP contribution in [0, 0.1) is 0 Å². The fourth-order valence-electron chi connectivity index (χ4n) is 0.893. The molecule has 11 heavy (non-hydrogen) atoms. The number of benzene rings is 1. The molecule has 0 saturated carbocycles. The number of hydrogen-bond acceptors (Lipinski definition) is 1. The lowest BCUT2D eigenvalue weighted by Gasteiger charge is -1.95. The van der Waals surface area contributed by atoms with Gasteiger partial charge < -0.3 is 5.73 Å². The molecule has 0 spiro atoms. The van der Waals surface area contributed by atoms with E-state index in [2.05, 4.69) is 18.2 Å². The lowest BCUT2D eigenvalue weighted by Crippen LogP contribution is -1.98. The molecule has 0 atom stereocenters. The average Bonchev–Trinajstić information content (AvgIpc) is 2.06. The largest absolute Gasteiger partial charge is 0.327 e. The van der Waals surface area contributed by atoms with E-state index in [1.54, 1.807) is 0 Å². The zero-order chi connectivity index (χ0) is 8.10. The van der Waals surface area contributed by atoms with E-state index in [1.807, 2.05) is 25.1 Å². The van der Waals surface area contributed by atoms with Crippen molar-refractivity contribution in [2.75, 3.05) is 6.54 Å². The molecule has 2 N–H and O–H groups in total. The molecule has 0 aliphatic carbocycles. The first-order valence-electron chi connectivity index (χ1n) is 3.75. The fourth-order valence-corrected chi connectivity index (χ4v) is 0.893. The van der Waals surface area contributed by atoms with Crippen LogP contribution in [0.5, 0.6) is 0 Å². The van der Waals surface area contributed by atoms with Crippen LogP contribution in [-0.4, -0.2) is 6.54 Å². The summed E-state index contributed by atoms with van der Waals surface area (Å²) in [5.74, 6) is 0. The summed E-state index contributed by atoms with van der Waals surface area (Å²) in [5.41, 5.74) is 7.87. The van der Waals surface area contributed by atoms with E-state index < -0.39 is 0 Å². The predicted octanol–water partition coefficient (Wildman–Crippen LogP) is 2.05. The minimum absolute atomic E-state index is 0.634. The molecule has 0 amide bonds. The van der Waals surface area contributed by atoms with Gasteiger partial charge in [0.15, 0.2) is 0 Å². The van der Waals surface area contributed by atoms with Gasteiger partial charge in [0.2, 0.25) is 0 Å². The Bertz CT molecular complexity index is 236. The Morgan fingerprint density at radius 1 is 1.36 bits per heavy atom. The molecule has 1 heteroatoms. The standard InChI is InChI=1S/C10H13N/c1-9(8-11)7-10-5-3-2-4-6-10/h2-7H,8,11H2,1H3/b9-7-. The van der Waals surface area contributed by atoms with Crippen LogP contribution in [0.15, 0.2) is 35.9 Å². The van der Waals surface area contributed by atoms with Gasteiger partial charge in [-0.1, -0.05) is 42.0 Å². The van der Waals surface area contributed by atoms with Gasteiger partial charge in [0.1, 0.15) is 0 Å². The summed E-state index contributed by atoms with van der Waals surface area (Å²) in [5, 5.41) is 0. The van der Waals surface area contributed by atoms with Crippen molar-refractivity contribution < 1.29 is 0 Å². The second-order valence-corrected chi connectivity index (χ2v) is 2.61. The molecule has 0 aromatic heterocycles. The third-order valence-corrected chi connectivity index (χ3v) is 1.53. The number of nitrogens with two attached hydrogens (primary N) is 1. The molecule has 0 radical (unpaired) electrons. The SMILES string of the molecule is C/C(=C/c1ccccc1)CN. The van der Waals surface area contributed by atoms with Crippen LogP contribution in [0.4, 0.5) is 0 Å². The van der Waals surface area contributed by atoms with Gasteiger partial charge in [-0.2, -0.15) is 0 Å². The minimum Gasteiger partial charge on any atom is -0.327 e.